The molecular weight excluding hydrogens is 400 g/mol. The summed E-state index contributed by atoms with van der Waals surface area (Å²) < 4.78 is 28.2. The molecule has 1 heterocycles. The number of nitrogens with zero attached hydrogens (tertiary/aromatic N) is 3. The van der Waals surface area contributed by atoms with Crippen molar-refractivity contribution < 1.29 is 18.4 Å². The first kappa shape index (κ1) is 19.1. The number of rotatable bonds is 4. The van der Waals surface area contributed by atoms with Crippen LogP contribution in [0.15, 0.2) is 66.7 Å². The molecule has 1 aliphatic rings. The van der Waals surface area contributed by atoms with Crippen LogP contribution in [0.5, 0.6) is 0 Å². The summed E-state index contributed by atoms with van der Waals surface area (Å²) in [6, 6.07) is 18.9. The summed E-state index contributed by atoms with van der Waals surface area (Å²) in [4.78, 5) is 31.3. The van der Waals surface area contributed by atoms with Crippen molar-refractivity contribution in [2.45, 2.75) is 13.1 Å². The standard InChI is InChI=1S/C24H17F2N3O2/c1-28(13-21-27-19-8-4-5-9-20(19)29(21)24(25)26)23(31)14-10-11-16-15-6-2-3-7-17(15)22(30)18(16)12-14/h2-12,24H,13H2,1H3. The molecule has 5 nitrogen and oxygen atoms in total. The van der Waals surface area contributed by atoms with Gasteiger partial charge in [-0.05, 0) is 35.4 Å². The number of carbonyl (C=O) groups excluding carboxylic acids is 2. The van der Waals surface area contributed by atoms with Gasteiger partial charge in [-0.1, -0.05) is 42.5 Å². The average Bonchev–Trinajstić information content (AvgIpc) is 3.28. The first-order chi connectivity index (χ1) is 15.0. The molecule has 0 bridgehead atoms. The van der Waals surface area contributed by atoms with Gasteiger partial charge in [0.25, 0.3) is 5.91 Å². The number of imidazole rings is 1. The zero-order valence-corrected chi connectivity index (χ0v) is 16.5. The molecule has 0 fully saturated rings. The maximum atomic E-state index is 13.7. The SMILES string of the molecule is CN(Cc1nc2ccccc2n1C(F)F)C(=O)c1ccc2c(c1)C(=O)c1ccccc1-2. The van der Waals surface area contributed by atoms with Gasteiger partial charge in [0.15, 0.2) is 5.78 Å². The minimum absolute atomic E-state index is 0.0941. The van der Waals surface area contributed by atoms with Gasteiger partial charge in [-0.15, -0.1) is 0 Å². The lowest BCUT2D eigenvalue weighted by molar-refractivity contribution is 0.0646. The number of carbonyl (C=O) groups is 2. The van der Waals surface area contributed by atoms with E-state index in [1.165, 1.54) is 11.9 Å². The maximum Gasteiger partial charge on any atom is 0.320 e. The second-order valence-electron chi connectivity index (χ2n) is 7.46. The van der Waals surface area contributed by atoms with E-state index in [1.54, 1.807) is 54.6 Å². The Morgan fingerprint density at radius 2 is 1.65 bits per heavy atom. The third-order valence-electron chi connectivity index (χ3n) is 5.56. The number of ketones is 1. The molecule has 5 rings (SSSR count). The molecule has 0 saturated heterocycles. The first-order valence-corrected chi connectivity index (χ1v) is 9.73. The third-order valence-corrected chi connectivity index (χ3v) is 5.56. The fraction of sp³-hybridized carbons (Fsp3) is 0.125. The molecule has 0 spiro atoms. The smallest absolute Gasteiger partial charge is 0.320 e. The number of hydrogen-bond donors (Lipinski definition) is 0. The molecular formula is C24H17F2N3O2. The van der Waals surface area contributed by atoms with Gasteiger partial charge in [0.1, 0.15) is 5.82 Å². The lowest BCUT2D eigenvalue weighted by Crippen LogP contribution is -2.28. The molecule has 0 atom stereocenters. The maximum absolute atomic E-state index is 13.7. The predicted octanol–water partition coefficient (Wildman–Crippen LogP) is 4.92. The van der Waals surface area contributed by atoms with E-state index in [4.69, 9.17) is 0 Å². The Balaban J connectivity index is 1.45. The van der Waals surface area contributed by atoms with Crippen molar-refractivity contribution in [2.75, 3.05) is 7.05 Å². The zero-order valence-electron chi connectivity index (χ0n) is 16.5. The number of benzene rings is 3. The predicted molar refractivity (Wildman–Crippen MR) is 112 cm³/mol. The van der Waals surface area contributed by atoms with E-state index < -0.39 is 6.55 Å². The number of aromatic nitrogens is 2. The van der Waals surface area contributed by atoms with Gasteiger partial charge in [0.05, 0.1) is 17.6 Å². The fourth-order valence-electron chi connectivity index (χ4n) is 4.09. The van der Waals surface area contributed by atoms with Gasteiger partial charge in [0, 0.05) is 23.7 Å². The van der Waals surface area contributed by atoms with Gasteiger partial charge in [-0.25, -0.2) is 4.98 Å². The van der Waals surface area contributed by atoms with E-state index in [1.807, 2.05) is 12.1 Å². The molecule has 3 aromatic carbocycles. The van der Waals surface area contributed by atoms with Crippen molar-refractivity contribution in [1.29, 1.82) is 0 Å². The Bertz CT molecular complexity index is 1360. The molecule has 4 aromatic rings. The highest BCUT2D eigenvalue weighted by Gasteiger charge is 2.28. The third kappa shape index (κ3) is 3.01. The molecule has 0 unspecified atom stereocenters. The summed E-state index contributed by atoms with van der Waals surface area (Å²) in [7, 11) is 1.53. The molecule has 154 valence electrons. The quantitative estimate of drug-likeness (QED) is 0.417. The highest BCUT2D eigenvalue weighted by molar-refractivity contribution is 6.22. The van der Waals surface area contributed by atoms with Crippen LogP contribution in [-0.2, 0) is 6.54 Å². The highest BCUT2D eigenvalue weighted by atomic mass is 19.3. The largest absolute Gasteiger partial charge is 0.334 e. The minimum Gasteiger partial charge on any atom is -0.334 e. The van der Waals surface area contributed by atoms with Crippen molar-refractivity contribution >= 4 is 22.7 Å². The van der Waals surface area contributed by atoms with Crippen molar-refractivity contribution in [3.63, 3.8) is 0 Å². The van der Waals surface area contributed by atoms with E-state index in [9.17, 15) is 18.4 Å². The van der Waals surface area contributed by atoms with Crippen LogP contribution < -0.4 is 0 Å². The van der Waals surface area contributed by atoms with Crippen LogP contribution >= 0.6 is 0 Å². The Kier molecular flexibility index (Phi) is 4.39. The number of para-hydroxylation sites is 2. The number of hydrogen-bond acceptors (Lipinski definition) is 3. The summed E-state index contributed by atoms with van der Waals surface area (Å²) in [5.41, 5.74) is 3.80. The van der Waals surface area contributed by atoms with Gasteiger partial charge >= 0.3 is 6.55 Å². The Labute approximate surface area is 176 Å². The summed E-state index contributed by atoms with van der Waals surface area (Å²) in [5, 5.41) is 0. The van der Waals surface area contributed by atoms with Crippen LogP contribution in [0.25, 0.3) is 22.2 Å². The van der Waals surface area contributed by atoms with Crippen LogP contribution in [0.2, 0.25) is 0 Å². The van der Waals surface area contributed by atoms with Crippen LogP contribution in [0, 0.1) is 0 Å². The molecule has 0 N–H and O–H groups in total. The lowest BCUT2D eigenvalue weighted by atomic mass is 10.0. The molecule has 1 aliphatic carbocycles. The van der Waals surface area contributed by atoms with Gasteiger partial charge < -0.3 is 4.90 Å². The number of amides is 1. The molecule has 0 radical (unpaired) electrons. The van der Waals surface area contributed by atoms with Gasteiger partial charge in [0.2, 0.25) is 0 Å². The van der Waals surface area contributed by atoms with Crippen LogP contribution in [-0.4, -0.2) is 33.2 Å². The summed E-state index contributed by atoms with van der Waals surface area (Å²) in [6.45, 7) is -2.87. The summed E-state index contributed by atoms with van der Waals surface area (Å²) >= 11 is 0. The van der Waals surface area contributed by atoms with Crippen LogP contribution in [0.1, 0.15) is 38.7 Å². The monoisotopic (exact) mass is 417 g/mol. The van der Waals surface area contributed by atoms with E-state index >= 15 is 0 Å². The minimum atomic E-state index is -2.78. The zero-order chi connectivity index (χ0) is 21.7. The Morgan fingerprint density at radius 1 is 0.968 bits per heavy atom. The molecule has 7 heteroatoms. The number of alkyl halides is 2. The van der Waals surface area contributed by atoms with E-state index in [-0.39, 0.29) is 24.1 Å². The molecule has 0 saturated carbocycles. The first-order valence-electron chi connectivity index (χ1n) is 9.73. The van der Waals surface area contributed by atoms with E-state index in [0.717, 1.165) is 15.7 Å². The normalized spacial score (nSPS) is 12.3. The molecule has 31 heavy (non-hydrogen) atoms. The second kappa shape index (κ2) is 7.12. The molecule has 1 aromatic heterocycles. The summed E-state index contributed by atoms with van der Waals surface area (Å²) in [5.74, 6) is -0.404. The van der Waals surface area contributed by atoms with E-state index in [0.29, 0.717) is 27.7 Å². The average molecular weight is 417 g/mol. The number of fused-ring (bicyclic) bond motifs is 4. The van der Waals surface area contributed by atoms with Crippen LogP contribution in [0.4, 0.5) is 8.78 Å². The van der Waals surface area contributed by atoms with E-state index in [2.05, 4.69) is 4.98 Å². The van der Waals surface area contributed by atoms with Gasteiger partial charge in [-0.2, -0.15) is 8.78 Å². The molecule has 0 aliphatic heterocycles. The van der Waals surface area contributed by atoms with Crippen molar-refractivity contribution in [3.8, 4) is 11.1 Å². The summed E-state index contributed by atoms with van der Waals surface area (Å²) in [6.07, 6.45) is 0. The Morgan fingerprint density at radius 3 is 2.42 bits per heavy atom. The lowest BCUT2D eigenvalue weighted by Gasteiger charge is -2.18. The number of halogens is 2. The fourth-order valence-corrected chi connectivity index (χ4v) is 4.09. The van der Waals surface area contributed by atoms with Crippen LogP contribution in [0.3, 0.4) is 0 Å². The van der Waals surface area contributed by atoms with Gasteiger partial charge in [-0.3, -0.25) is 14.2 Å². The van der Waals surface area contributed by atoms with Crippen molar-refractivity contribution in [2.24, 2.45) is 0 Å². The Hall–Kier alpha value is -3.87. The molecule has 1 amide bonds. The van der Waals surface area contributed by atoms with Crippen molar-refractivity contribution in [1.82, 2.24) is 14.5 Å². The second-order valence-corrected chi connectivity index (χ2v) is 7.46. The van der Waals surface area contributed by atoms with Crippen molar-refractivity contribution in [3.05, 3.63) is 89.2 Å². The topological polar surface area (TPSA) is 55.2 Å². The highest BCUT2D eigenvalue weighted by Crippen LogP contribution is 2.37.